The predicted octanol–water partition coefficient (Wildman–Crippen LogP) is 3.91. The van der Waals surface area contributed by atoms with Gasteiger partial charge in [0.05, 0.1) is 19.9 Å². The second-order valence-electron chi connectivity index (χ2n) is 4.01. The lowest BCUT2D eigenvalue weighted by Gasteiger charge is -2.14. The molecule has 19 heavy (non-hydrogen) atoms. The highest BCUT2D eigenvalue weighted by atomic mass is 79.9. The SMILES string of the molecule is COc1cc(Nc2ccc(Br)cn2)c(OC)cc1C. The highest BCUT2D eigenvalue weighted by Gasteiger charge is 2.09. The number of anilines is 2. The van der Waals surface area contributed by atoms with Crippen molar-refractivity contribution in [2.45, 2.75) is 6.92 Å². The Labute approximate surface area is 120 Å². The number of nitrogens with zero attached hydrogens (tertiary/aromatic N) is 1. The number of methoxy groups -OCH3 is 2. The summed E-state index contributed by atoms with van der Waals surface area (Å²) < 4.78 is 11.6. The first-order chi connectivity index (χ1) is 9.13. The molecule has 0 amide bonds. The van der Waals surface area contributed by atoms with Crippen molar-refractivity contribution in [1.82, 2.24) is 4.98 Å². The van der Waals surface area contributed by atoms with Gasteiger partial charge in [-0.3, -0.25) is 0 Å². The smallest absolute Gasteiger partial charge is 0.142 e. The molecule has 1 heterocycles. The second-order valence-corrected chi connectivity index (χ2v) is 4.92. The van der Waals surface area contributed by atoms with Crippen LogP contribution in [0.1, 0.15) is 5.56 Å². The first kappa shape index (κ1) is 13.7. The van der Waals surface area contributed by atoms with Crippen molar-refractivity contribution >= 4 is 27.4 Å². The van der Waals surface area contributed by atoms with Gasteiger partial charge in [0.25, 0.3) is 0 Å². The number of aryl methyl sites for hydroxylation is 1. The maximum absolute atomic E-state index is 5.37. The Morgan fingerprint density at radius 1 is 1.11 bits per heavy atom. The average molecular weight is 323 g/mol. The molecule has 4 nitrogen and oxygen atoms in total. The van der Waals surface area contributed by atoms with E-state index in [1.807, 2.05) is 31.2 Å². The topological polar surface area (TPSA) is 43.4 Å². The molecule has 0 saturated heterocycles. The quantitative estimate of drug-likeness (QED) is 0.926. The zero-order valence-electron chi connectivity index (χ0n) is 11.0. The van der Waals surface area contributed by atoms with Gasteiger partial charge in [0.2, 0.25) is 0 Å². The van der Waals surface area contributed by atoms with Crippen LogP contribution in [0.5, 0.6) is 11.5 Å². The van der Waals surface area contributed by atoms with E-state index in [1.54, 1.807) is 20.4 Å². The van der Waals surface area contributed by atoms with Gasteiger partial charge in [-0.1, -0.05) is 0 Å². The van der Waals surface area contributed by atoms with Gasteiger partial charge in [0.1, 0.15) is 17.3 Å². The van der Waals surface area contributed by atoms with Gasteiger partial charge < -0.3 is 14.8 Å². The molecule has 0 spiro atoms. The summed E-state index contributed by atoms with van der Waals surface area (Å²) in [4.78, 5) is 4.27. The molecule has 1 N–H and O–H groups in total. The van der Waals surface area contributed by atoms with E-state index in [1.165, 1.54) is 0 Å². The minimum absolute atomic E-state index is 0.743. The van der Waals surface area contributed by atoms with Crippen LogP contribution in [0.15, 0.2) is 34.9 Å². The number of nitrogens with one attached hydrogen (secondary N) is 1. The van der Waals surface area contributed by atoms with Crippen LogP contribution in [-0.2, 0) is 0 Å². The molecule has 2 aromatic rings. The molecular formula is C14H15BrN2O2. The molecule has 0 fully saturated rings. The van der Waals surface area contributed by atoms with Gasteiger partial charge in [-0.05, 0) is 46.6 Å². The Balaban J connectivity index is 2.35. The maximum Gasteiger partial charge on any atom is 0.142 e. The van der Waals surface area contributed by atoms with Gasteiger partial charge in [0.15, 0.2) is 0 Å². The highest BCUT2D eigenvalue weighted by molar-refractivity contribution is 9.10. The van der Waals surface area contributed by atoms with Crippen molar-refractivity contribution in [3.05, 3.63) is 40.5 Å². The van der Waals surface area contributed by atoms with Gasteiger partial charge in [-0.15, -0.1) is 0 Å². The first-order valence-electron chi connectivity index (χ1n) is 5.75. The predicted molar refractivity (Wildman–Crippen MR) is 79.5 cm³/mol. The number of hydrogen-bond donors (Lipinski definition) is 1. The molecule has 0 radical (unpaired) electrons. The summed E-state index contributed by atoms with van der Waals surface area (Å²) in [5.41, 5.74) is 1.84. The van der Waals surface area contributed by atoms with Crippen LogP contribution in [0.25, 0.3) is 0 Å². The molecule has 5 heteroatoms. The fraction of sp³-hybridized carbons (Fsp3) is 0.214. The third-order valence-electron chi connectivity index (χ3n) is 2.71. The van der Waals surface area contributed by atoms with Crippen molar-refractivity contribution in [3.63, 3.8) is 0 Å². The van der Waals surface area contributed by atoms with Gasteiger partial charge in [0, 0.05) is 16.7 Å². The lowest BCUT2D eigenvalue weighted by atomic mass is 10.2. The highest BCUT2D eigenvalue weighted by Crippen LogP contribution is 2.34. The molecule has 0 unspecified atom stereocenters. The molecule has 0 aliphatic heterocycles. The minimum Gasteiger partial charge on any atom is -0.496 e. The summed E-state index contributed by atoms with van der Waals surface area (Å²) in [5.74, 6) is 2.30. The van der Waals surface area contributed by atoms with Crippen LogP contribution < -0.4 is 14.8 Å². The van der Waals surface area contributed by atoms with E-state index < -0.39 is 0 Å². The summed E-state index contributed by atoms with van der Waals surface area (Å²) >= 11 is 3.36. The molecule has 0 aliphatic rings. The monoisotopic (exact) mass is 322 g/mol. The Bertz CT molecular complexity index is 570. The third kappa shape index (κ3) is 3.17. The van der Waals surface area contributed by atoms with Gasteiger partial charge in [-0.25, -0.2) is 4.98 Å². The van der Waals surface area contributed by atoms with E-state index in [-0.39, 0.29) is 0 Å². The van der Waals surface area contributed by atoms with E-state index in [0.717, 1.165) is 33.0 Å². The Hall–Kier alpha value is -1.75. The fourth-order valence-electron chi connectivity index (χ4n) is 1.74. The van der Waals surface area contributed by atoms with Crippen molar-refractivity contribution < 1.29 is 9.47 Å². The van der Waals surface area contributed by atoms with Crippen LogP contribution >= 0.6 is 15.9 Å². The van der Waals surface area contributed by atoms with Gasteiger partial charge >= 0.3 is 0 Å². The maximum atomic E-state index is 5.37. The largest absolute Gasteiger partial charge is 0.496 e. The lowest BCUT2D eigenvalue weighted by Crippen LogP contribution is -1.98. The summed E-state index contributed by atoms with van der Waals surface area (Å²) in [7, 11) is 3.29. The first-order valence-corrected chi connectivity index (χ1v) is 6.54. The van der Waals surface area contributed by atoms with E-state index in [4.69, 9.17) is 9.47 Å². The van der Waals surface area contributed by atoms with Crippen LogP contribution in [0.3, 0.4) is 0 Å². The Morgan fingerprint density at radius 3 is 2.42 bits per heavy atom. The van der Waals surface area contributed by atoms with Crippen molar-refractivity contribution in [1.29, 1.82) is 0 Å². The summed E-state index contributed by atoms with van der Waals surface area (Å²) in [5, 5.41) is 3.22. The number of benzene rings is 1. The number of halogens is 1. The van der Waals surface area contributed by atoms with Crippen LogP contribution in [0.2, 0.25) is 0 Å². The molecule has 0 bridgehead atoms. The second kappa shape index (κ2) is 5.93. The molecule has 0 atom stereocenters. The minimum atomic E-state index is 0.743. The summed E-state index contributed by atoms with van der Waals surface area (Å²) in [6.07, 6.45) is 1.74. The van der Waals surface area contributed by atoms with Crippen LogP contribution in [0, 0.1) is 6.92 Å². The molecule has 1 aromatic carbocycles. The van der Waals surface area contributed by atoms with Gasteiger partial charge in [-0.2, -0.15) is 0 Å². The molecule has 0 aliphatic carbocycles. The molecule has 100 valence electrons. The van der Waals surface area contributed by atoms with E-state index in [2.05, 4.69) is 26.2 Å². The van der Waals surface area contributed by atoms with E-state index in [0.29, 0.717) is 0 Å². The fourth-order valence-corrected chi connectivity index (χ4v) is 1.97. The van der Waals surface area contributed by atoms with E-state index >= 15 is 0 Å². The number of rotatable bonds is 4. The van der Waals surface area contributed by atoms with Crippen molar-refractivity contribution in [2.75, 3.05) is 19.5 Å². The number of ether oxygens (including phenoxy) is 2. The Morgan fingerprint density at radius 2 is 1.84 bits per heavy atom. The average Bonchev–Trinajstić information content (AvgIpc) is 2.42. The summed E-state index contributed by atoms with van der Waals surface area (Å²) in [6.45, 7) is 1.98. The van der Waals surface area contributed by atoms with Crippen LogP contribution in [-0.4, -0.2) is 19.2 Å². The molecule has 0 saturated carbocycles. The zero-order valence-corrected chi connectivity index (χ0v) is 12.6. The zero-order chi connectivity index (χ0) is 13.8. The van der Waals surface area contributed by atoms with Crippen molar-refractivity contribution in [3.8, 4) is 11.5 Å². The molecule has 1 aromatic heterocycles. The summed E-state index contributed by atoms with van der Waals surface area (Å²) in [6, 6.07) is 7.64. The van der Waals surface area contributed by atoms with Crippen LogP contribution in [0.4, 0.5) is 11.5 Å². The normalized spacial score (nSPS) is 10.1. The molecular weight excluding hydrogens is 308 g/mol. The lowest BCUT2D eigenvalue weighted by molar-refractivity contribution is 0.402. The third-order valence-corrected chi connectivity index (χ3v) is 3.18. The Kier molecular flexibility index (Phi) is 4.27. The number of pyridine rings is 1. The number of hydrogen-bond acceptors (Lipinski definition) is 4. The van der Waals surface area contributed by atoms with Crippen molar-refractivity contribution in [2.24, 2.45) is 0 Å². The standard InChI is InChI=1S/C14H15BrN2O2/c1-9-6-13(19-3)11(7-12(9)18-2)17-14-5-4-10(15)8-16-14/h4-8H,1-3H3,(H,16,17). The number of aromatic nitrogens is 1. The molecule has 2 rings (SSSR count). The van der Waals surface area contributed by atoms with E-state index in [9.17, 15) is 0 Å².